The van der Waals surface area contributed by atoms with Crippen molar-refractivity contribution in [1.82, 2.24) is 0 Å². The monoisotopic (exact) mass is 432 g/mol. The van der Waals surface area contributed by atoms with E-state index in [4.69, 9.17) is 16.4 Å². The summed E-state index contributed by atoms with van der Waals surface area (Å²) in [5, 5.41) is 29.4. The molecule has 0 radical (unpaired) electrons. The van der Waals surface area contributed by atoms with Gasteiger partial charge in [-0.15, -0.1) is 0 Å². The molecule has 0 aliphatic heterocycles. The van der Waals surface area contributed by atoms with E-state index in [0.29, 0.717) is 34.8 Å². The topological polar surface area (TPSA) is 137 Å². The largest absolute Gasteiger partial charge is 0.437 e. The zero-order chi connectivity index (χ0) is 21.7. The number of hydrogen-bond acceptors (Lipinski definition) is 7. The molecule has 10 nitrogen and oxygen atoms in total. The summed E-state index contributed by atoms with van der Waals surface area (Å²) < 4.78 is 0. The van der Waals surface area contributed by atoms with Gasteiger partial charge in [-0.1, -0.05) is 23.2 Å². The second-order valence-corrected chi connectivity index (χ2v) is 7.09. The Labute approximate surface area is 175 Å². The molecule has 156 valence electrons. The molecule has 2 aromatic carbocycles. The molecule has 0 unspecified atom stereocenters. The number of non-ortho nitro benzene ring substituents is 1. The predicted octanol–water partition coefficient (Wildman–Crippen LogP) is 5.42. The minimum Gasteiger partial charge on any atom is -0.298 e. The molecule has 1 amide bonds. The minimum absolute atomic E-state index is 0.311. The first-order valence-electron chi connectivity index (χ1n) is 9.08. The summed E-state index contributed by atoms with van der Waals surface area (Å²) in [7, 11) is 0. The molecule has 0 saturated heterocycles. The lowest BCUT2D eigenvalue weighted by molar-refractivity contribution is -0.394. The third kappa shape index (κ3) is 5.09. The Balaban J connectivity index is 1.80. The summed E-state index contributed by atoms with van der Waals surface area (Å²) in [6.45, 7) is 0. The molecule has 2 aromatic rings. The standard InChI is InChI=1S/C19H17ClN4O6/c20-12-5-7-13(8-6-12)21-19(25)30-22-17-4-2-1-3-15(17)16-10-9-14(23(26)27)11-18(16)24(28)29/h5-11,15H,1-4H2,(H,21,25)/b22-17-/t15-/m1/s1. The van der Waals surface area contributed by atoms with Crippen molar-refractivity contribution >= 4 is 40.5 Å². The fraction of sp³-hybridized carbons (Fsp3) is 0.263. The van der Waals surface area contributed by atoms with E-state index in [1.54, 1.807) is 24.3 Å². The fourth-order valence-electron chi connectivity index (χ4n) is 3.31. The molecule has 1 fully saturated rings. The first kappa shape index (κ1) is 21.2. The number of nitrogens with one attached hydrogen (secondary N) is 1. The predicted molar refractivity (Wildman–Crippen MR) is 110 cm³/mol. The Morgan fingerprint density at radius 1 is 1.10 bits per heavy atom. The molecule has 1 atom stereocenters. The van der Waals surface area contributed by atoms with Crippen LogP contribution in [0.3, 0.4) is 0 Å². The van der Waals surface area contributed by atoms with Crippen LogP contribution >= 0.6 is 11.6 Å². The van der Waals surface area contributed by atoms with E-state index in [0.717, 1.165) is 18.9 Å². The van der Waals surface area contributed by atoms with Crippen molar-refractivity contribution in [2.24, 2.45) is 5.16 Å². The van der Waals surface area contributed by atoms with Crippen LogP contribution in [-0.2, 0) is 4.84 Å². The van der Waals surface area contributed by atoms with Gasteiger partial charge in [-0.05, 0) is 49.6 Å². The number of halogens is 1. The molecule has 0 spiro atoms. The van der Waals surface area contributed by atoms with E-state index in [1.807, 2.05) is 0 Å². The number of nitro groups is 2. The van der Waals surface area contributed by atoms with Crippen LogP contribution < -0.4 is 5.32 Å². The van der Waals surface area contributed by atoms with Crippen LogP contribution in [-0.4, -0.2) is 21.7 Å². The van der Waals surface area contributed by atoms with Gasteiger partial charge < -0.3 is 0 Å². The van der Waals surface area contributed by atoms with Crippen LogP contribution in [0.4, 0.5) is 21.9 Å². The van der Waals surface area contributed by atoms with Gasteiger partial charge in [0.15, 0.2) is 0 Å². The average Bonchev–Trinajstić information content (AvgIpc) is 2.73. The number of carbonyl (C=O) groups excluding carboxylic acids is 1. The third-order valence-electron chi connectivity index (χ3n) is 4.71. The van der Waals surface area contributed by atoms with Crippen LogP contribution in [0.5, 0.6) is 0 Å². The molecule has 0 aromatic heterocycles. The molecule has 0 bridgehead atoms. The lowest BCUT2D eigenvalue weighted by Crippen LogP contribution is -2.20. The molecule has 11 heteroatoms. The highest BCUT2D eigenvalue weighted by Crippen LogP contribution is 2.37. The van der Waals surface area contributed by atoms with E-state index in [2.05, 4.69) is 10.5 Å². The molecule has 1 saturated carbocycles. The van der Waals surface area contributed by atoms with Gasteiger partial charge in [0.05, 0.1) is 21.6 Å². The average molecular weight is 433 g/mol. The molecule has 0 heterocycles. The number of anilines is 1. The summed E-state index contributed by atoms with van der Waals surface area (Å²) in [5.74, 6) is -0.469. The Morgan fingerprint density at radius 2 is 1.83 bits per heavy atom. The van der Waals surface area contributed by atoms with Crippen LogP contribution in [0, 0.1) is 20.2 Å². The first-order valence-corrected chi connectivity index (χ1v) is 9.46. The maximum atomic E-state index is 12.0. The van der Waals surface area contributed by atoms with Gasteiger partial charge in [0.1, 0.15) is 0 Å². The second kappa shape index (κ2) is 9.31. The van der Waals surface area contributed by atoms with Crippen molar-refractivity contribution in [3.8, 4) is 0 Å². The number of rotatable bonds is 5. The summed E-state index contributed by atoms with van der Waals surface area (Å²) in [6, 6.07) is 9.94. The number of hydrogen-bond donors (Lipinski definition) is 1. The number of benzene rings is 2. The van der Waals surface area contributed by atoms with Crippen molar-refractivity contribution in [3.05, 3.63) is 73.3 Å². The Hall–Kier alpha value is -3.53. The van der Waals surface area contributed by atoms with Crippen LogP contribution in [0.15, 0.2) is 47.6 Å². The van der Waals surface area contributed by atoms with E-state index < -0.39 is 21.9 Å². The maximum Gasteiger partial charge on any atom is 0.437 e. The Bertz CT molecular complexity index is 1010. The number of oxime groups is 1. The molecule has 30 heavy (non-hydrogen) atoms. The lowest BCUT2D eigenvalue weighted by Gasteiger charge is -2.23. The SMILES string of the molecule is O=C(Nc1ccc(Cl)cc1)O/N=C1/CCCC[C@@H]1c1ccc([N+](=O)[O-])cc1[N+](=O)[O-]. The van der Waals surface area contributed by atoms with Crippen LogP contribution in [0.1, 0.15) is 37.2 Å². The fourth-order valence-corrected chi connectivity index (χ4v) is 3.44. The van der Waals surface area contributed by atoms with Crippen molar-refractivity contribution in [2.75, 3.05) is 5.32 Å². The quantitative estimate of drug-likeness (QED) is 0.380. The highest BCUT2D eigenvalue weighted by Gasteiger charge is 2.31. The van der Waals surface area contributed by atoms with Crippen molar-refractivity contribution in [1.29, 1.82) is 0 Å². The smallest absolute Gasteiger partial charge is 0.298 e. The van der Waals surface area contributed by atoms with Crippen molar-refractivity contribution in [3.63, 3.8) is 0 Å². The van der Waals surface area contributed by atoms with Gasteiger partial charge in [-0.25, -0.2) is 4.79 Å². The molecular weight excluding hydrogens is 416 g/mol. The first-order chi connectivity index (χ1) is 14.3. The molecular formula is C19H17ClN4O6. The third-order valence-corrected chi connectivity index (χ3v) is 4.96. The normalized spacial score (nSPS) is 17.4. The summed E-state index contributed by atoms with van der Waals surface area (Å²) in [5.41, 5.74) is 0.541. The lowest BCUT2D eigenvalue weighted by atomic mass is 9.81. The summed E-state index contributed by atoms with van der Waals surface area (Å²) in [4.78, 5) is 38.1. The zero-order valence-electron chi connectivity index (χ0n) is 15.6. The van der Waals surface area contributed by atoms with E-state index in [1.165, 1.54) is 12.1 Å². The second-order valence-electron chi connectivity index (χ2n) is 6.65. The number of carbonyl (C=O) groups is 1. The van der Waals surface area contributed by atoms with E-state index in [-0.39, 0.29) is 11.4 Å². The van der Waals surface area contributed by atoms with Crippen molar-refractivity contribution in [2.45, 2.75) is 31.6 Å². The maximum absolute atomic E-state index is 12.0. The Kier molecular flexibility index (Phi) is 6.58. The van der Waals surface area contributed by atoms with E-state index in [9.17, 15) is 25.0 Å². The molecule has 1 aliphatic carbocycles. The Morgan fingerprint density at radius 3 is 2.50 bits per heavy atom. The number of nitrogens with zero attached hydrogens (tertiary/aromatic N) is 3. The van der Waals surface area contributed by atoms with Crippen molar-refractivity contribution < 1.29 is 19.5 Å². The van der Waals surface area contributed by atoms with Crippen LogP contribution in [0.2, 0.25) is 5.02 Å². The molecule has 1 N–H and O–H groups in total. The van der Waals surface area contributed by atoms with E-state index >= 15 is 0 Å². The van der Waals surface area contributed by atoms with Gasteiger partial charge in [-0.2, -0.15) is 0 Å². The summed E-state index contributed by atoms with van der Waals surface area (Å²) in [6.07, 6.45) is 1.83. The van der Waals surface area contributed by atoms with Gasteiger partial charge in [-0.3, -0.25) is 30.4 Å². The van der Waals surface area contributed by atoms with Crippen LogP contribution in [0.25, 0.3) is 0 Å². The number of amides is 1. The van der Waals surface area contributed by atoms with Gasteiger partial charge >= 0.3 is 6.09 Å². The minimum atomic E-state index is -0.813. The van der Waals surface area contributed by atoms with Gasteiger partial charge in [0.2, 0.25) is 0 Å². The highest BCUT2D eigenvalue weighted by atomic mass is 35.5. The van der Waals surface area contributed by atoms with Gasteiger partial charge in [0, 0.05) is 28.3 Å². The van der Waals surface area contributed by atoms with Gasteiger partial charge in [0.25, 0.3) is 11.4 Å². The molecule has 3 rings (SSSR count). The summed E-state index contributed by atoms with van der Waals surface area (Å²) >= 11 is 5.80. The number of nitro benzene ring substituents is 2. The molecule has 1 aliphatic rings. The highest BCUT2D eigenvalue weighted by molar-refractivity contribution is 6.30. The zero-order valence-corrected chi connectivity index (χ0v) is 16.4.